The molecule has 1 aromatic carbocycles. The molecule has 1 aliphatic carbocycles. The smallest absolute Gasteiger partial charge is 0.182 e. The van der Waals surface area contributed by atoms with Crippen molar-refractivity contribution in [1.29, 1.82) is 0 Å². The molecule has 13 heavy (non-hydrogen) atoms. The van der Waals surface area contributed by atoms with Gasteiger partial charge in [0.25, 0.3) is 0 Å². The maximum atomic E-state index is 11.3. The summed E-state index contributed by atoms with van der Waals surface area (Å²) in [4.78, 5) is 0. The highest BCUT2D eigenvalue weighted by Gasteiger charge is 2.29. The molecule has 0 spiro atoms. The summed E-state index contributed by atoms with van der Waals surface area (Å²) in [7, 11) is 0. The van der Waals surface area contributed by atoms with Crippen LogP contribution in [0.5, 0.6) is 0 Å². The molecule has 0 saturated heterocycles. The van der Waals surface area contributed by atoms with Crippen LogP contribution in [0.1, 0.15) is 18.4 Å². The largest absolute Gasteiger partial charge is 0.624 e. The van der Waals surface area contributed by atoms with Crippen molar-refractivity contribution in [3.8, 4) is 0 Å². The zero-order valence-corrected chi connectivity index (χ0v) is 8.70. The summed E-state index contributed by atoms with van der Waals surface area (Å²) in [6.45, 7) is 0. The van der Waals surface area contributed by atoms with Crippen molar-refractivity contribution >= 4 is 22.1 Å². The van der Waals surface area contributed by atoms with E-state index in [0.717, 1.165) is 27.6 Å². The van der Waals surface area contributed by atoms with Gasteiger partial charge in [-0.3, -0.25) is 0 Å². The normalized spacial score (nSPS) is 17.5. The van der Waals surface area contributed by atoms with Crippen LogP contribution < -0.4 is 0 Å². The second-order valence-electron chi connectivity index (χ2n) is 3.27. The summed E-state index contributed by atoms with van der Waals surface area (Å²) in [6.07, 6.45) is 3.73. The monoisotopic (exact) mass is 239 g/mol. The van der Waals surface area contributed by atoms with Gasteiger partial charge >= 0.3 is 0 Å². The molecular weight excluding hydrogens is 230 g/mol. The first-order valence-electron chi connectivity index (χ1n) is 4.31. The van der Waals surface area contributed by atoms with Crippen molar-refractivity contribution in [2.45, 2.75) is 18.9 Å². The molecule has 1 aliphatic rings. The van der Waals surface area contributed by atoms with E-state index in [1.807, 2.05) is 24.3 Å². The standard InChI is InChI=1S/C10H10BrNO/c11-9-3-1-8(2-4-9)7-12(13)10-5-6-10/h1-4,7,10H,5-6H2/b12-7-. The Balaban J connectivity index is 2.16. The zero-order chi connectivity index (χ0) is 9.26. The van der Waals surface area contributed by atoms with Gasteiger partial charge in [-0.2, -0.15) is 0 Å². The van der Waals surface area contributed by atoms with E-state index in [1.54, 1.807) is 6.21 Å². The van der Waals surface area contributed by atoms with Gasteiger partial charge in [0, 0.05) is 22.9 Å². The fourth-order valence-electron chi connectivity index (χ4n) is 1.13. The minimum atomic E-state index is 0.239. The van der Waals surface area contributed by atoms with E-state index in [-0.39, 0.29) is 6.04 Å². The van der Waals surface area contributed by atoms with Crippen molar-refractivity contribution in [3.63, 3.8) is 0 Å². The summed E-state index contributed by atoms with van der Waals surface area (Å²) in [5.74, 6) is 0. The molecule has 68 valence electrons. The first-order chi connectivity index (χ1) is 6.25. The third-order valence-electron chi connectivity index (χ3n) is 2.05. The van der Waals surface area contributed by atoms with Crippen molar-refractivity contribution in [2.75, 3.05) is 0 Å². The molecule has 0 aromatic heterocycles. The molecule has 2 rings (SSSR count). The fourth-order valence-corrected chi connectivity index (χ4v) is 1.39. The molecule has 0 radical (unpaired) electrons. The lowest BCUT2D eigenvalue weighted by Gasteiger charge is -2.00. The molecule has 1 saturated carbocycles. The number of nitrogens with zero attached hydrogens (tertiary/aromatic N) is 1. The van der Waals surface area contributed by atoms with Crippen LogP contribution in [0.25, 0.3) is 0 Å². The van der Waals surface area contributed by atoms with Gasteiger partial charge in [0.15, 0.2) is 12.3 Å². The molecule has 0 unspecified atom stereocenters. The van der Waals surface area contributed by atoms with E-state index in [9.17, 15) is 5.21 Å². The summed E-state index contributed by atoms with van der Waals surface area (Å²) in [5.41, 5.74) is 0.963. The van der Waals surface area contributed by atoms with Gasteiger partial charge in [-0.1, -0.05) is 15.9 Å². The summed E-state index contributed by atoms with van der Waals surface area (Å²) >= 11 is 3.35. The molecule has 2 nitrogen and oxygen atoms in total. The molecule has 1 fully saturated rings. The van der Waals surface area contributed by atoms with Crippen LogP contribution in [0.15, 0.2) is 28.7 Å². The SMILES string of the molecule is [O-]/[N+](=C\c1ccc(Br)cc1)C1CC1. The van der Waals surface area contributed by atoms with Crippen LogP contribution in [0.2, 0.25) is 0 Å². The Hall–Kier alpha value is -0.830. The minimum Gasteiger partial charge on any atom is -0.624 e. The van der Waals surface area contributed by atoms with Crippen LogP contribution in [0.3, 0.4) is 0 Å². The second-order valence-corrected chi connectivity index (χ2v) is 4.19. The van der Waals surface area contributed by atoms with Crippen LogP contribution in [-0.2, 0) is 0 Å². The quantitative estimate of drug-likeness (QED) is 0.337. The van der Waals surface area contributed by atoms with E-state index >= 15 is 0 Å². The zero-order valence-electron chi connectivity index (χ0n) is 7.11. The van der Waals surface area contributed by atoms with Crippen LogP contribution in [0, 0.1) is 5.21 Å². The first-order valence-corrected chi connectivity index (χ1v) is 5.11. The van der Waals surface area contributed by atoms with Gasteiger partial charge in [0.1, 0.15) is 0 Å². The number of benzene rings is 1. The van der Waals surface area contributed by atoms with Gasteiger partial charge in [-0.05, 0) is 24.3 Å². The van der Waals surface area contributed by atoms with Gasteiger partial charge in [0.2, 0.25) is 0 Å². The average Bonchev–Trinajstić information content (AvgIpc) is 2.91. The molecule has 3 heteroatoms. The number of halogens is 1. The number of hydrogen-bond acceptors (Lipinski definition) is 1. The predicted octanol–water partition coefficient (Wildman–Crippen LogP) is 2.54. The molecule has 0 amide bonds. The Morgan fingerprint density at radius 2 is 1.92 bits per heavy atom. The highest BCUT2D eigenvalue weighted by Crippen LogP contribution is 2.22. The van der Waals surface area contributed by atoms with Gasteiger partial charge in [0.05, 0.1) is 0 Å². The Morgan fingerprint density at radius 3 is 2.46 bits per heavy atom. The minimum absolute atomic E-state index is 0.239. The Bertz CT molecular complexity index is 327. The molecular formula is C10H10BrNO. The lowest BCUT2D eigenvalue weighted by molar-refractivity contribution is -0.467. The fraction of sp³-hybridized carbons (Fsp3) is 0.300. The number of hydrogen-bond donors (Lipinski definition) is 0. The second kappa shape index (κ2) is 3.50. The van der Waals surface area contributed by atoms with E-state index in [0.29, 0.717) is 0 Å². The highest BCUT2D eigenvalue weighted by molar-refractivity contribution is 9.10. The lowest BCUT2D eigenvalue weighted by atomic mass is 10.2. The number of rotatable bonds is 2. The average molecular weight is 240 g/mol. The van der Waals surface area contributed by atoms with Crippen molar-refractivity contribution < 1.29 is 4.74 Å². The van der Waals surface area contributed by atoms with E-state index in [1.165, 1.54) is 0 Å². The van der Waals surface area contributed by atoms with Crippen LogP contribution in [0.4, 0.5) is 0 Å². The van der Waals surface area contributed by atoms with Crippen molar-refractivity contribution in [1.82, 2.24) is 0 Å². The molecule has 0 bridgehead atoms. The Kier molecular flexibility index (Phi) is 2.36. The first kappa shape index (κ1) is 8.75. The summed E-state index contributed by atoms with van der Waals surface area (Å²) < 4.78 is 2.09. The summed E-state index contributed by atoms with van der Waals surface area (Å²) in [6, 6.07) is 7.97. The number of hydroxylamine groups is 1. The summed E-state index contributed by atoms with van der Waals surface area (Å²) in [5, 5.41) is 11.3. The van der Waals surface area contributed by atoms with Gasteiger partial charge in [-0.25, -0.2) is 4.74 Å². The van der Waals surface area contributed by atoms with E-state index < -0.39 is 0 Å². The molecule has 0 heterocycles. The van der Waals surface area contributed by atoms with Crippen LogP contribution in [-0.4, -0.2) is 17.0 Å². The lowest BCUT2D eigenvalue weighted by Crippen LogP contribution is -2.07. The Morgan fingerprint density at radius 1 is 1.31 bits per heavy atom. The Labute approximate surface area is 85.6 Å². The van der Waals surface area contributed by atoms with Crippen molar-refractivity contribution in [3.05, 3.63) is 39.5 Å². The van der Waals surface area contributed by atoms with Gasteiger partial charge in [-0.15, -0.1) is 0 Å². The molecule has 0 N–H and O–H groups in total. The third-order valence-corrected chi connectivity index (χ3v) is 2.58. The van der Waals surface area contributed by atoms with Gasteiger partial charge < -0.3 is 5.21 Å². The van der Waals surface area contributed by atoms with Crippen LogP contribution >= 0.6 is 15.9 Å². The maximum Gasteiger partial charge on any atom is 0.182 e. The third kappa shape index (κ3) is 2.31. The molecule has 0 aliphatic heterocycles. The van der Waals surface area contributed by atoms with E-state index in [2.05, 4.69) is 15.9 Å². The van der Waals surface area contributed by atoms with E-state index in [4.69, 9.17) is 0 Å². The topological polar surface area (TPSA) is 26.1 Å². The highest BCUT2D eigenvalue weighted by atomic mass is 79.9. The molecule has 1 aromatic rings. The molecule has 0 atom stereocenters. The predicted molar refractivity (Wildman–Crippen MR) is 56.0 cm³/mol. The maximum absolute atomic E-state index is 11.3. The van der Waals surface area contributed by atoms with Crippen molar-refractivity contribution in [2.24, 2.45) is 0 Å².